The van der Waals surface area contributed by atoms with Crippen LogP contribution in [0.4, 0.5) is 4.79 Å². The molecule has 22 heavy (non-hydrogen) atoms. The van der Waals surface area contributed by atoms with Crippen LogP contribution in [-0.2, 0) is 16.1 Å². The average molecular weight is 303 g/mol. The molecule has 0 unspecified atom stereocenters. The fourth-order valence-electron chi connectivity index (χ4n) is 1.86. The highest BCUT2D eigenvalue weighted by Gasteiger charge is 2.22. The summed E-state index contributed by atoms with van der Waals surface area (Å²) >= 11 is 0. The highest BCUT2D eigenvalue weighted by atomic mass is 16.5. The largest absolute Gasteiger partial charge is 0.445 e. The van der Waals surface area contributed by atoms with Crippen molar-refractivity contribution in [3.8, 4) is 6.07 Å². The molecule has 0 bridgehead atoms. The van der Waals surface area contributed by atoms with Crippen LogP contribution in [0.1, 0.15) is 25.8 Å². The molecule has 0 aliphatic carbocycles. The summed E-state index contributed by atoms with van der Waals surface area (Å²) in [5.41, 5.74) is 0.868. The van der Waals surface area contributed by atoms with E-state index in [1.54, 1.807) is 0 Å². The zero-order chi connectivity index (χ0) is 16.4. The molecule has 0 aliphatic rings. The average Bonchev–Trinajstić information content (AvgIpc) is 2.50. The Labute approximate surface area is 130 Å². The third-order valence-corrected chi connectivity index (χ3v) is 2.87. The third kappa shape index (κ3) is 6.75. The number of carbonyl (C=O) groups is 2. The molecule has 0 aromatic heterocycles. The van der Waals surface area contributed by atoms with Crippen LogP contribution in [0.2, 0.25) is 0 Å². The Bertz CT molecular complexity index is 523. The van der Waals surface area contributed by atoms with Crippen molar-refractivity contribution in [2.75, 3.05) is 6.54 Å². The minimum Gasteiger partial charge on any atom is -0.445 e. The van der Waals surface area contributed by atoms with Gasteiger partial charge in [-0.2, -0.15) is 5.26 Å². The van der Waals surface area contributed by atoms with Crippen LogP contribution >= 0.6 is 0 Å². The SMILES string of the molecule is CC(C)C[C@@H](NC(=O)OCc1ccccc1)C(=O)NCC#N. The van der Waals surface area contributed by atoms with Gasteiger partial charge in [0.1, 0.15) is 19.2 Å². The molecule has 0 radical (unpaired) electrons. The topological polar surface area (TPSA) is 91.2 Å². The fraction of sp³-hybridized carbons (Fsp3) is 0.438. The predicted octanol–water partition coefficient (Wildman–Crippen LogP) is 1.97. The van der Waals surface area contributed by atoms with Crippen molar-refractivity contribution in [3.63, 3.8) is 0 Å². The van der Waals surface area contributed by atoms with E-state index in [9.17, 15) is 9.59 Å². The number of amides is 2. The number of hydrogen-bond donors (Lipinski definition) is 2. The van der Waals surface area contributed by atoms with Crippen molar-refractivity contribution in [1.29, 1.82) is 5.26 Å². The molecular weight excluding hydrogens is 282 g/mol. The molecule has 0 heterocycles. The Hall–Kier alpha value is -2.55. The number of nitriles is 1. The van der Waals surface area contributed by atoms with Gasteiger partial charge in [0.2, 0.25) is 5.91 Å². The lowest BCUT2D eigenvalue weighted by atomic mass is 10.0. The van der Waals surface area contributed by atoms with Crippen LogP contribution in [0.5, 0.6) is 0 Å². The van der Waals surface area contributed by atoms with Crippen LogP contribution in [-0.4, -0.2) is 24.6 Å². The van der Waals surface area contributed by atoms with E-state index in [1.807, 2.05) is 50.2 Å². The summed E-state index contributed by atoms with van der Waals surface area (Å²) in [4.78, 5) is 23.7. The molecule has 0 spiro atoms. The van der Waals surface area contributed by atoms with Gasteiger partial charge in [0.05, 0.1) is 6.07 Å². The molecule has 6 heteroatoms. The summed E-state index contributed by atoms with van der Waals surface area (Å²) in [6.07, 6.45) is -0.181. The Morgan fingerprint density at radius 3 is 2.55 bits per heavy atom. The molecule has 0 saturated carbocycles. The zero-order valence-electron chi connectivity index (χ0n) is 12.8. The van der Waals surface area contributed by atoms with Crippen LogP contribution < -0.4 is 10.6 Å². The van der Waals surface area contributed by atoms with E-state index in [2.05, 4.69) is 10.6 Å². The predicted molar refractivity (Wildman–Crippen MR) is 81.6 cm³/mol. The molecule has 1 aromatic rings. The molecular formula is C16H21N3O3. The Morgan fingerprint density at radius 1 is 1.27 bits per heavy atom. The maximum absolute atomic E-state index is 11.9. The number of benzene rings is 1. The molecule has 0 fully saturated rings. The van der Waals surface area contributed by atoms with Crippen LogP contribution in [0, 0.1) is 17.2 Å². The smallest absolute Gasteiger partial charge is 0.408 e. The van der Waals surface area contributed by atoms with Crippen molar-refractivity contribution >= 4 is 12.0 Å². The summed E-state index contributed by atoms with van der Waals surface area (Å²) in [5, 5.41) is 13.5. The van der Waals surface area contributed by atoms with Crippen molar-refractivity contribution in [2.45, 2.75) is 32.9 Å². The molecule has 2 N–H and O–H groups in total. The van der Waals surface area contributed by atoms with Gasteiger partial charge in [0.25, 0.3) is 0 Å². The molecule has 0 saturated heterocycles. The van der Waals surface area contributed by atoms with Gasteiger partial charge in [-0.05, 0) is 17.9 Å². The summed E-state index contributed by atoms with van der Waals surface area (Å²) in [5.74, 6) is -0.167. The summed E-state index contributed by atoms with van der Waals surface area (Å²) in [6, 6.07) is 10.4. The molecule has 6 nitrogen and oxygen atoms in total. The van der Waals surface area contributed by atoms with E-state index in [-0.39, 0.29) is 25.0 Å². The second-order valence-electron chi connectivity index (χ2n) is 5.26. The van der Waals surface area contributed by atoms with Gasteiger partial charge in [-0.3, -0.25) is 4.79 Å². The summed E-state index contributed by atoms with van der Waals surface area (Å²) in [7, 11) is 0. The highest BCUT2D eigenvalue weighted by Crippen LogP contribution is 2.06. The minimum absolute atomic E-state index is 0.0891. The zero-order valence-corrected chi connectivity index (χ0v) is 12.8. The van der Waals surface area contributed by atoms with Gasteiger partial charge in [0.15, 0.2) is 0 Å². The first kappa shape index (κ1) is 17.5. The summed E-state index contributed by atoms with van der Waals surface area (Å²) in [6.45, 7) is 3.94. The van der Waals surface area contributed by atoms with E-state index >= 15 is 0 Å². The van der Waals surface area contributed by atoms with Crippen molar-refractivity contribution in [3.05, 3.63) is 35.9 Å². The normalized spacial score (nSPS) is 11.4. The lowest BCUT2D eigenvalue weighted by Gasteiger charge is -2.19. The van der Waals surface area contributed by atoms with Crippen LogP contribution in [0.3, 0.4) is 0 Å². The van der Waals surface area contributed by atoms with E-state index in [4.69, 9.17) is 10.00 Å². The second-order valence-corrected chi connectivity index (χ2v) is 5.26. The maximum Gasteiger partial charge on any atom is 0.408 e. The lowest BCUT2D eigenvalue weighted by Crippen LogP contribution is -2.47. The Balaban J connectivity index is 2.51. The van der Waals surface area contributed by atoms with Gasteiger partial charge in [0, 0.05) is 0 Å². The van der Waals surface area contributed by atoms with Gasteiger partial charge >= 0.3 is 6.09 Å². The molecule has 2 amide bonds. The monoisotopic (exact) mass is 303 g/mol. The third-order valence-electron chi connectivity index (χ3n) is 2.87. The number of nitrogens with zero attached hydrogens (tertiary/aromatic N) is 1. The summed E-state index contributed by atoms with van der Waals surface area (Å²) < 4.78 is 5.10. The molecule has 1 atom stereocenters. The van der Waals surface area contributed by atoms with E-state index in [0.29, 0.717) is 6.42 Å². The molecule has 0 aliphatic heterocycles. The Kier molecular flexibility index (Phi) is 7.48. The molecule has 1 rings (SSSR count). The number of nitrogens with one attached hydrogen (secondary N) is 2. The quantitative estimate of drug-likeness (QED) is 0.753. The van der Waals surface area contributed by atoms with Gasteiger partial charge in [-0.25, -0.2) is 4.79 Å². The van der Waals surface area contributed by atoms with Crippen LogP contribution in [0.25, 0.3) is 0 Å². The van der Waals surface area contributed by atoms with Crippen molar-refractivity contribution in [1.82, 2.24) is 10.6 Å². The van der Waals surface area contributed by atoms with E-state index in [1.165, 1.54) is 0 Å². The standard InChI is InChI=1S/C16H21N3O3/c1-12(2)10-14(15(20)18-9-8-17)19-16(21)22-11-13-6-4-3-5-7-13/h3-7,12,14H,9-11H2,1-2H3,(H,18,20)(H,19,21)/t14-/m1/s1. The fourth-order valence-corrected chi connectivity index (χ4v) is 1.86. The molecule has 118 valence electrons. The van der Waals surface area contributed by atoms with Gasteiger partial charge in [-0.15, -0.1) is 0 Å². The molecule has 1 aromatic carbocycles. The number of carbonyl (C=O) groups excluding carboxylic acids is 2. The first-order valence-electron chi connectivity index (χ1n) is 7.14. The maximum atomic E-state index is 11.9. The van der Waals surface area contributed by atoms with E-state index < -0.39 is 12.1 Å². The highest BCUT2D eigenvalue weighted by molar-refractivity contribution is 5.85. The minimum atomic E-state index is -0.711. The number of hydrogen-bond acceptors (Lipinski definition) is 4. The first-order valence-corrected chi connectivity index (χ1v) is 7.14. The second kappa shape index (κ2) is 9.40. The van der Waals surface area contributed by atoms with Crippen molar-refractivity contribution < 1.29 is 14.3 Å². The Morgan fingerprint density at radius 2 is 1.95 bits per heavy atom. The van der Waals surface area contributed by atoms with Crippen molar-refractivity contribution in [2.24, 2.45) is 5.92 Å². The number of ether oxygens (including phenoxy) is 1. The first-order chi connectivity index (χ1) is 10.5. The van der Waals surface area contributed by atoms with Gasteiger partial charge < -0.3 is 15.4 Å². The number of rotatable bonds is 7. The lowest BCUT2D eigenvalue weighted by molar-refractivity contribution is -0.123. The van der Waals surface area contributed by atoms with E-state index in [0.717, 1.165) is 5.56 Å². The van der Waals surface area contributed by atoms with Crippen LogP contribution in [0.15, 0.2) is 30.3 Å². The number of alkyl carbamates (subject to hydrolysis) is 1. The van der Waals surface area contributed by atoms with Gasteiger partial charge in [-0.1, -0.05) is 44.2 Å².